The fourth-order valence-electron chi connectivity index (χ4n) is 4.52. The van der Waals surface area contributed by atoms with E-state index in [0.29, 0.717) is 55.8 Å². The molecule has 0 unspecified atom stereocenters. The Morgan fingerprint density at radius 2 is 2.03 bits per heavy atom. The number of nitrogens with one attached hydrogen (secondary N) is 1. The summed E-state index contributed by atoms with van der Waals surface area (Å²) in [6.45, 7) is 5.05. The van der Waals surface area contributed by atoms with Gasteiger partial charge >= 0.3 is 6.09 Å². The molecule has 10 nitrogen and oxygen atoms in total. The number of carbonyl (C=O) groups is 2. The number of fused-ring (bicyclic) bond motifs is 1. The van der Waals surface area contributed by atoms with E-state index in [1.54, 1.807) is 34.7 Å². The molecule has 38 heavy (non-hydrogen) atoms. The molecular weight excluding hydrogens is 515 g/mol. The molecule has 2 amide bonds. The molecule has 1 aliphatic heterocycles. The highest BCUT2D eigenvalue weighted by Gasteiger charge is 2.28. The van der Waals surface area contributed by atoms with E-state index in [1.807, 2.05) is 13.8 Å². The van der Waals surface area contributed by atoms with Crippen LogP contribution in [0, 0.1) is 5.82 Å². The normalized spacial score (nSPS) is 14.2. The summed E-state index contributed by atoms with van der Waals surface area (Å²) >= 11 is 6.46. The van der Waals surface area contributed by atoms with Gasteiger partial charge in [-0.25, -0.2) is 19.2 Å². The average Bonchev–Trinajstić information content (AvgIpc) is 3.24. The van der Waals surface area contributed by atoms with E-state index in [2.05, 4.69) is 15.3 Å². The predicted molar refractivity (Wildman–Crippen MR) is 142 cm³/mol. The molecule has 0 spiro atoms. The van der Waals surface area contributed by atoms with E-state index < -0.39 is 5.82 Å². The zero-order valence-electron chi connectivity index (χ0n) is 21.7. The summed E-state index contributed by atoms with van der Waals surface area (Å²) in [4.78, 5) is 36.6. The molecule has 1 aromatic carbocycles. The number of aliphatic hydroxyl groups excluding tert-OH is 1. The van der Waals surface area contributed by atoms with Crippen LogP contribution >= 0.6 is 11.6 Å². The zero-order valence-corrected chi connectivity index (χ0v) is 22.4. The van der Waals surface area contributed by atoms with E-state index in [0.717, 1.165) is 0 Å². The smallest absolute Gasteiger partial charge is 0.410 e. The highest BCUT2D eigenvalue weighted by atomic mass is 35.5. The summed E-state index contributed by atoms with van der Waals surface area (Å²) < 4.78 is 22.3. The molecule has 0 atom stereocenters. The third kappa shape index (κ3) is 5.99. The van der Waals surface area contributed by atoms with E-state index in [9.17, 15) is 9.59 Å². The predicted octanol–water partition coefficient (Wildman–Crippen LogP) is 4.60. The van der Waals surface area contributed by atoms with Gasteiger partial charge in [-0.1, -0.05) is 11.6 Å². The minimum atomic E-state index is -0.474. The van der Waals surface area contributed by atoms with Crippen molar-refractivity contribution >= 4 is 46.1 Å². The third-order valence-corrected chi connectivity index (χ3v) is 6.80. The van der Waals surface area contributed by atoms with Crippen LogP contribution in [0.2, 0.25) is 5.02 Å². The number of ether oxygens (including phenoxy) is 1. The molecule has 12 heteroatoms. The molecule has 1 saturated heterocycles. The van der Waals surface area contributed by atoms with Gasteiger partial charge < -0.3 is 29.5 Å². The van der Waals surface area contributed by atoms with Gasteiger partial charge in [0.2, 0.25) is 0 Å². The number of benzene rings is 1. The molecule has 2 aromatic heterocycles. The number of nitrogens with zero attached hydrogens (tertiary/aromatic N) is 5. The topological polar surface area (TPSA) is 113 Å². The fourth-order valence-corrected chi connectivity index (χ4v) is 4.75. The second-order valence-electron chi connectivity index (χ2n) is 9.58. The second kappa shape index (κ2) is 12.0. The molecule has 3 aromatic rings. The number of hydrogen-bond acceptors (Lipinski definition) is 7. The van der Waals surface area contributed by atoms with E-state index in [1.165, 1.54) is 17.4 Å². The molecule has 0 aliphatic carbocycles. The Balaban J connectivity index is 1.52. The summed E-state index contributed by atoms with van der Waals surface area (Å²) in [7, 11) is 1.66. The molecule has 2 N–H and O–H groups in total. The van der Waals surface area contributed by atoms with Crippen molar-refractivity contribution in [2.45, 2.75) is 45.3 Å². The van der Waals surface area contributed by atoms with Crippen LogP contribution < -0.4 is 5.32 Å². The number of carbonyl (C=O) groups excluding carboxylic acids is 2. The minimum Gasteiger partial charge on any atom is -0.447 e. The monoisotopic (exact) mass is 546 g/mol. The Morgan fingerprint density at radius 1 is 1.29 bits per heavy atom. The highest BCUT2D eigenvalue weighted by molar-refractivity contribution is 6.33. The number of anilines is 2. The molecule has 0 saturated carbocycles. The molecule has 204 valence electrons. The summed E-state index contributed by atoms with van der Waals surface area (Å²) in [5.41, 5.74) is 1.30. The SMILES string of the molecule is CC(C)OC(=O)N1CCC(n2cc(F)c3c(Nc4ccc(C(=O)N(C)CCCO)cc4Cl)ncnc32)CC1. The summed E-state index contributed by atoms with van der Waals surface area (Å²) in [5.74, 6) is -0.439. The average molecular weight is 547 g/mol. The van der Waals surface area contributed by atoms with Gasteiger partial charge in [0, 0.05) is 51.1 Å². The number of aliphatic hydroxyl groups is 1. The lowest BCUT2D eigenvalue weighted by atomic mass is 10.1. The Kier molecular flexibility index (Phi) is 8.68. The number of rotatable bonds is 8. The van der Waals surface area contributed by atoms with Gasteiger partial charge in [0.05, 0.1) is 22.2 Å². The van der Waals surface area contributed by atoms with Crippen LogP contribution in [0.1, 0.15) is 49.5 Å². The van der Waals surface area contributed by atoms with Crippen LogP contribution in [-0.2, 0) is 4.74 Å². The standard InChI is InChI=1S/C26H32ClFN6O4/c1-16(2)38-26(37)33-10-7-18(8-11-33)34-14-20(28)22-23(29-15-30-24(22)34)31-21-6-5-17(13-19(21)27)25(36)32(3)9-4-12-35/h5-6,13-16,18,35H,4,7-12H2,1-3H3,(H,29,30,31). The van der Waals surface area contributed by atoms with Crippen molar-refractivity contribution in [1.29, 1.82) is 0 Å². The number of piperidine rings is 1. The van der Waals surface area contributed by atoms with E-state index in [4.69, 9.17) is 21.4 Å². The maximum Gasteiger partial charge on any atom is 0.410 e. The van der Waals surface area contributed by atoms with Crippen molar-refractivity contribution in [3.05, 3.63) is 47.1 Å². The van der Waals surface area contributed by atoms with Crippen molar-refractivity contribution in [3.8, 4) is 0 Å². The molecule has 0 bridgehead atoms. The summed E-state index contributed by atoms with van der Waals surface area (Å²) in [6, 6.07) is 4.78. The lowest BCUT2D eigenvalue weighted by Gasteiger charge is -2.32. The maximum atomic E-state index is 15.2. The first-order chi connectivity index (χ1) is 18.2. The van der Waals surface area contributed by atoms with Crippen molar-refractivity contribution in [1.82, 2.24) is 24.3 Å². The Morgan fingerprint density at radius 3 is 2.68 bits per heavy atom. The van der Waals surface area contributed by atoms with Crippen molar-refractivity contribution in [2.24, 2.45) is 0 Å². The first-order valence-electron chi connectivity index (χ1n) is 12.6. The van der Waals surface area contributed by atoms with E-state index in [-0.39, 0.29) is 47.0 Å². The minimum absolute atomic E-state index is 0.000946. The van der Waals surface area contributed by atoms with Crippen molar-refractivity contribution < 1.29 is 23.8 Å². The van der Waals surface area contributed by atoms with Gasteiger partial charge in [-0.2, -0.15) is 0 Å². The van der Waals surface area contributed by atoms with Crippen LogP contribution in [0.15, 0.2) is 30.7 Å². The van der Waals surface area contributed by atoms with Gasteiger partial charge in [-0.3, -0.25) is 4.79 Å². The van der Waals surface area contributed by atoms with Gasteiger partial charge in [0.15, 0.2) is 5.82 Å². The Hall–Kier alpha value is -3.44. The molecule has 3 heterocycles. The number of hydrogen-bond donors (Lipinski definition) is 2. The van der Waals surface area contributed by atoms with Gasteiger partial charge in [-0.05, 0) is 51.3 Å². The summed E-state index contributed by atoms with van der Waals surface area (Å²) in [6.07, 6.45) is 4.01. The van der Waals surface area contributed by atoms with Crippen LogP contribution in [0.4, 0.5) is 20.7 Å². The first-order valence-corrected chi connectivity index (χ1v) is 13.0. The van der Waals surface area contributed by atoms with Gasteiger partial charge in [0.1, 0.15) is 17.8 Å². The lowest BCUT2D eigenvalue weighted by molar-refractivity contribution is 0.0662. The molecule has 1 aliphatic rings. The Labute approximate surface area is 225 Å². The fraction of sp³-hybridized carbons (Fsp3) is 0.462. The van der Waals surface area contributed by atoms with Crippen LogP contribution in [0.25, 0.3) is 11.0 Å². The molecule has 1 fully saturated rings. The quantitative estimate of drug-likeness (QED) is 0.424. The van der Waals surface area contributed by atoms with Crippen molar-refractivity contribution in [3.63, 3.8) is 0 Å². The summed E-state index contributed by atoms with van der Waals surface area (Å²) in [5, 5.41) is 12.6. The first kappa shape index (κ1) is 27.6. The lowest BCUT2D eigenvalue weighted by Crippen LogP contribution is -2.40. The number of likely N-dealkylation sites (tertiary alicyclic amines) is 1. The van der Waals surface area contributed by atoms with Crippen LogP contribution in [-0.4, -0.2) is 80.8 Å². The highest BCUT2D eigenvalue weighted by Crippen LogP contribution is 2.34. The van der Waals surface area contributed by atoms with Gasteiger partial charge in [-0.15, -0.1) is 0 Å². The Bertz CT molecular complexity index is 1310. The van der Waals surface area contributed by atoms with Crippen LogP contribution in [0.3, 0.4) is 0 Å². The van der Waals surface area contributed by atoms with E-state index >= 15 is 4.39 Å². The molecule has 4 rings (SSSR count). The van der Waals surface area contributed by atoms with Gasteiger partial charge in [0.25, 0.3) is 5.91 Å². The largest absolute Gasteiger partial charge is 0.447 e. The maximum absolute atomic E-state index is 15.2. The number of aromatic nitrogens is 3. The van der Waals surface area contributed by atoms with Crippen LogP contribution in [0.5, 0.6) is 0 Å². The third-order valence-electron chi connectivity index (χ3n) is 6.48. The number of halogens is 2. The molecular formula is C26H32ClFN6O4. The second-order valence-corrected chi connectivity index (χ2v) is 9.99. The zero-order chi connectivity index (χ0) is 27.4. The van der Waals surface area contributed by atoms with Crippen molar-refractivity contribution in [2.75, 3.05) is 38.6 Å². The number of amides is 2. The molecule has 0 radical (unpaired) electrons.